The largest absolute Gasteiger partial charge is 0.370 e. The zero-order valence-corrected chi connectivity index (χ0v) is 12.4. The molecule has 0 saturated carbocycles. The summed E-state index contributed by atoms with van der Waals surface area (Å²) in [6.45, 7) is 1.99. The molecular formula is C13H19N3O3S. The minimum absolute atomic E-state index is 0.205. The average molecular weight is 297 g/mol. The molecule has 0 unspecified atom stereocenters. The molecule has 0 fully saturated rings. The van der Waals surface area contributed by atoms with Crippen LogP contribution in [-0.2, 0) is 20.8 Å². The first-order valence-electron chi connectivity index (χ1n) is 6.26. The van der Waals surface area contributed by atoms with Gasteiger partial charge in [-0.1, -0.05) is 0 Å². The number of carbonyl (C=O) groups excluding carboxylic acids is 3. The van der Waals surface area contributed by atoms with E-state index in [9.17, 15) is 14.4 Å². The van der Waals surface area contributed by atoms with Gasteiger partial charge < -0.3 is 16.4 Å². The molecule has 1 aromatic rings. The van der Waals surface area contributed by atoms with Gasteiger partial charge in [-0.05, 0) is 30.4 Å². The second kappa shape index (κ2) is 7.64. The van der Waals surface area contributed by atoms with E-state index in [2.05, 4.69) is 10.6 Å². The molecule has 1 atom stereocenters. The second-order valence-corrected chi connectivity index (χ2v) is 5.43. The number of aryl methyl sites for hydroxylation is 2. The van der Waals surface area contributed by atoms with Gasteiger partial charge in [-0.2, -0.15) is 0 Å². The predicted octanol–water partition coefficient (Wildman–Crippen LogP) is 0.0953. The van der Waals surface area contributed by atoms with E-state index in [1.165, 1.54) is 7.05 Å². The number of amides is 3. The zero-order chi connectivity index (χ0) is 15.1. The molecule has 1 heterocycles. The zero-order valence-electron chi connectivity index (χ0n) is 11.6. The smallest absolute Gasteiger partial charge is 0.242 e. The lowest BCUT2D eigenvalue weighted by molar-refractivity contribution is -0.130. The van der Waals surface area contributed by atoms with Crippen molar-refractivity contribution in [2.75, 3.05) is 7.05 Å². The molecule has 3 amide bonds. The first-order valence-corrected chi connectivity index (χ1v) is 7.14. The highest BCUT2D eigenvalue weighted by Crippen LogP contribution is 2.17. The van der Waals surface area contributed by atoms with Crippen LogP contribution in [0.4, 0.5) is 0 Å². The highest BCUT2D eigenvalue weighted by atomic mass is 32.1. The van der Waals surface area contributed by atoms with Crippen LogP contribution < -0.4 is 16.4 Å². The highest BCUT2D eigenvalue weighted by molar-refractivity contribution is 7.10. The van der Waals surface area contributed by atoms with Gasteiger partial charge >= 0.3 is 0 Å². The fraction of sp³-hybridized carbons (Fsp3) is 0.462. The Morgan fingerprint density at radius 2 is 2.10 bits per heavy atom. The third-order valence-corrected chi connectivity index (χ3v) is 3.93. The summed E-state index contributed by atoms with van der Waals surface area (Å²) in [6, 6.07) is 1.09. The van der Waals surface area contributed by atoms with E-state index in [0.29, 0.717) is 6.42 Å². The standard InChI is InChI=1S/C13H19N3O3S/c1-8-5-6-20-10(8)3-4-12(18)16-9(7-11(14)17)13(19)15-2/h5-6,9H,3-4,7H2,1-2H3,(H2,14,17)(H,15,19)(H,16,18)/t9-/m0/s1. The molecule has 0 bridgehead atoms. The van der Waals surface area contributed by atoms with Crippen LogP contribution in [0.3, 0.4) is 0 Å². The maximum atomic E-state index is 11.8. The van der Waals surface area contributed by atoms with Crippen molar-refractivity contribution in [3.63, 3.8) is 0 Å². The number of rotatable bonds is 7. The third-order valence-electron chi connectivity index (χ3n) is 2.85. The lowest BCUT2D eigenvalue weighted by Gasteiger charge is -2.15. The molecule has 0 spiro atoms. The van der Waals surface area contributed by atoms with E-state index in [-0.39, 0.29) is 18.7 Å². The second-order valence-electron chi connectivity index (χ2n) is 4.43. The quantitative estimate of drug-likeness (QED) is 0.665. The summed E-state index contributed by atoms with van der Waals surface area (Å²) in [5.41, 5.74) is 6.22. The van der Waals surface area contributed by atoms with Gasteiger partial charge in [-0.25, -0.2) is 0 Å². The van der Waals surface area contributed by atoms with Crippen molar-refractivity contribution in [3.05, 3.63) is 21.9 Å². The Bertz CT molecular complexity index is 499. The molecule has 1 aromatic heterocycles. The van der Waals surface area contributed by atoms with Crippen molar-refractivity contribution in [2.24, 2.45) is 5.73 Å². The number of primary amides is 1. The third kappa shape index (κ3) is 5.00. The van der Waals surface area contributed by atoms with Crippen LogP contribution in [0.25, 0.3) is 0 Å². The van der Waals surface area contributed by atoms with Crippen molar-refractivity contribution >= 4 is 29.1 Å². The predicted molar refractivity (Wildman–Crippen MR) is 77.2 cm³/mol. The summed E-state index contributed by atoms with van der Waals surface area (Å²) in [6.07, 6.45) is 0.684. The van der Waals surface area contributed by atoms with Crippen molar-refractivity contribution < 1.29 is 14.4 Å². The van der Waals surface area contributed by atoms with Crippen LogP contribution in [0, 0.1) is 6.92 Å². The Kier molecular flexibility index (Phi) is 6.17. The Morgan fingerprint density at radius 3 is 2.60 bits per heavy atom. The van der Waals surface area contributed by atoms with Gasteiger partial charge in [0.15, 0.2) is 0 Å². The monoisotopic (exact) mass is 297 g/mol. The van der Waals surface area contributed by atoms with Crippen LogP contribution in [0.5, 0.6) is 0 Å². The van der Waals surface area contributed by atoms with Crippen LogP contribution in [0.1, 0.15) is 23.3 Å². The summed E-state index contributed by atoms with van der Waals surface area (Å²) >= 11 is 1.60. The summed E-state index contributed by atoms with van der Waals surface area (Å²) < 4.78 is 0. The molecule has 7 heteroatoms. The molecule has 4 N–H and O–H groups in total. The number of nitrogens with two attached hydrogens (primary N) is 1. The van der Waals surface area contributed by atoms with Gasteiger partial charge in [-0.15, -0.1) is 11.3 Å². The van der Waals surface area contributed by atoms with E-state index < -0.39 is 17.9 Å². The highest BCUT2D eigenvalue weighted by Gasteiger charge is 2.21. The lowest BCUT2D eigenvalue weighted by Crippen LogP contribution is -2.47. The van der Waals surface area contributed by atoms with E-state index in [0.717, 1.165) is 10.4 Å². The summed E-state index contributed by atoms with van der Waals surface area (Å²) in [4.78, 5) is 35.4. The fourth-order valence-corrected chi connectivity index (χ4v) is 2.65. The Morgan fingerprint density at radius 1 is 1.40 bits per heavy atom. The maximum Gasteiger partial charge on any atom is 0.242 e. The van der Waals surface area contributed by atoms with E-state index in [1.54, 1.807) is 11.3 Å². The number of carbonyl (C=O) groups is 3. The molecule has 0 saturated heterocycles. The van der Waals surface area contributed by atoms with Gasteiger partial charge in [0.25, 0.3) is 0 Å². The topological polar surface area (TPSA) is 101 Å². The molecule has 20 heavy (non-hydrogen) atoms. The minimum atomic E-state index is -0.908. The van der Waals surface area contributed by atoms with E-state index in [4.69, 9.17) is 5.73 Å². The van der Waals surface area contributed by atoms with Crippen molar-refractivity contribution in [2.45, 2.75) is 32.2 Å². The lowest BCUT2D eigenvalue weighted by atomic mass is 10.1. The van der Waals surface area contributed by atoms with E-state index in [1.807, 2.05) is 18.4 Å². The van der Waals surface area contributed by atoms with Crippen molar-refractivity contribution in [1.82, 2.24) is 10.6 Å². The number of hydrogen-bond acceptors (Lipinski definition) is 4. The van der Waals surface area contributed by atoms with Gasteiger partial charge in [-0.3, -0.25) is 14.4 Å². The first kappa shape index (κ1) is 16.2. The molecule has 0 aliphatic rings. The van der Waals surface area contributed by atoms with Gasteiger partial charge in [0, 0.05) is 18.3 Å². The summed E-state index contributed by atoms with van der Waals surface area (Å²) in [5, 5.41) is 6.90. The number of nitrogens with one attached hydrogen (secondary N) is 2. The van der Waals surface area contributed by atoms with Gasteiger partial charge in [0.1, 0.15) is 6.04 Å². The van der Waals surface area contributed by atoms with Gasteiger partial charge in [0.05, 0.1) is 6.42 Å². The van der Waals surface area contributed by atoms with Crippen LogP contribution in [-0.4, -0.2) is 30.8 Å². The molecule has 0 aromatic carbocycles. The molecular weight excluding hydrogens is 278 g/mol. The Balaban J connectivity index is 2.51. The normalized spacial score (nSPS) is 11.7. The summed E-state index contributed by atoms with van der Waals surface area (Å²) in [5.74, 6) is -1.33. The minimum Gasteiger partial charge on any atom is -0.370 e. The van der Waals surface area contributed by atoms with Crippen molar-refractivity contribution in [3.8, 4) is 0 Å². The molecule has 0 radical (unpaired) electrons. The van der Waals surface area contributed by atoms with E-state index >= 15 is 0 Å². The van der Waals surface area contributed by atoms with Crippen LogP contribution in [0.2, 0.25) is 0 Å². The van der Waals surface area contributed by atoms with Gasteiger partial charge in [0.2, 0.25) is 17.7 Å². The number of thiophene rings is 1. The molecule has 110 valence electrons. The number of hydrogen-bond donors (Lipinski definition) is 3. The average Bonchev–Trinajstić information content (AvgIpc) is 2.79. The maximum absolute atomic E-state index is 11.8. The molecule has 0 aliphatic carbocycles. The Hall–Kier alpha value is -1.89. The molecule has 0 aliphatic heterocycles. The SMILES string of the molecule is CNC(=O)[C@H](CC(N)=O)NC(=O)CCc1sccc1C. The first-order chi connectivity index (χ1) is 9.43. The summed E-state index contributed by atoms with van der Waals surface area (Å²) in [7, 11) is 1.44. The van der Waals surface area contributed by atoms with Crippen LogP contribution in [0.15, 0.2) is 11.4 Å². The Labute approximate surface area is 121 Å². The van der Waals surface area contributed by atoms with Crippen molar-refractivity contribution in [1.29, 1.82) is 0 Å². The van der Waals surface area contributed by atoms with Crippen LogP contribution >= 0.6 is 11.3 Å². The molecule has 1 rings (SSSR count). The molecule has 6 nitrogen and oxygen atoms in total. The fourth-order valence-electron chi connectivity index (χ4n) is 1.74. The number of likely N-dealkylation sites (N-methyl/N-ethyl adjacent to an activating group) is 1.